The van der Waals surface area contributed by atoms with E-state index in [9.17, 15) is 9.59 Å². The van der Waals surface area contributed by atoms with E-state index in [1.165, 1.54) is 0 Å². The zero-order chi connectivity index (χ0) is 19.1. The van der Waals surface area contributed by atoms with Gasteiger partial charge in [-0.1, -0.05) is 12.1 Å². The highest BCUT2D eigenvalue weighted by Crippen LogP contribution is 2.18. The lowest BCUT2D eigenvalue weighted by Gasteiger charge is -2.26. The first-order valence-electron chi connectivity index (χ1n) is 9.05. The molecule has 0 spiro atoms. The van der Waals surface area contributed by atoms with E-state index in [2.05, 4.69) is 15.6 Å². The van der Waals surface area contributed by atoms with Gasteiger partial charge in [-0.3, -0.25) is 14.6 Å². The maximum Gasteiger partial charge on any atom is 0.255 e. The summed E-state index contributed by atoms with van der Waals surface area (Å²) < 4.78 is 5.31. The van der Waals surface area contributed by atoms with Gasteiger partial charge in [0.1, 0.15) is 0 Å². The van der Waals surface area contributed by atoms with Crippen molar-refractivity contribution in [3.05, 3.63) is 59.9 Å². The minimum atomic E-state index is -0.535. The van der Waals surface area contributed by atoms with Crippen molar-refractivity contribution in [2.45, 2.75) is 25.4 Å². The molecule has 3 rings (SSSR count). The van der Waals surface area contributed by atoms with Crippen LogP contribution in [0, 0.1) is 5.92 Å². The first-order chi connectivity index (χ1) is 13.1. The first-order valence-corrected chi connectivity index (χ1v) is 9.05. The van der Waals surface area contributed by atoms with Gasteiger partial charge < -0.3 is 21.1 Å². The monoisotopic (exact) mass is 440 g/mol. The Bertz CT molecular complexity index is 786. The first kappa shape index (κ1) is 24.8. The highest BCUT2D eigenvalue weighted by Gasteiger charge is 2.26. The molecule has 1 fully saturated rings. The lowest BCUT2D eigenvalue weighted by atomic mass is 9.92. The fourth-order valence-corrected chi connectivity index (χ4v) is 3.06. The molecule has 7 nitrogen and oxygen atoms in total. The molecule has 0 aliphatic carbocycles. The topological polar surface area (TPSA) is 106 Å². The maximum atomic E-state index is 12.4. The molecule has 29 heavy (non-hydrogen) atoms. The van der Waals surface area contributed by atoms with Crippen LogP contribution < -0.4 is 16.4 Å². The molecule has 1 aromatic heterocycles. The summed E-state index contributed by atoms with van der Waals surface area (Å²) in [7, 11) is 0. The Hall–Kier alpha value is -2.19. The van der Waals surface area contributed by atoms with Crippen LogP contribution >= 0.6 is 24.8 Å². The molecule has 158 valence electrons. The number of benzene rings is 1. The van der Waals surface area contributed by atoms with Crippen LogP contribution in [0.3, 0.4) is 0 Å². The summed E-state index contributed by atoms with van der Waals surface area (Å²) in [6, 6.07) is 10.1. The second kappa shape index (κ2) is 12.4. The molecular formula is C20H26Cl2N4O3. The number of carbonyl (C=O) groups excluding carboxylic acids is 2. The zero-order valence-electron chi connectivity index (χ0n) is 15.9. The Kier molecular flexibility index (Phi) is 10.6. The molecule has 1 aliphatic rings. The minimum Gasteiger partial charge on any atom is -0.381 e. The standard InChI is InChI=1S/C20H24N4O3.2ClH/c21-18(15-6-10-27-11-7-15)20(26)23-13-14-2-1-3-16(12-14)19(25)24-17-4-8-22-9-5-17;;/h1-5,8-9,12,15,18H,6-7,10-11,13,21H2,(H,23,26)(H,22,24,25);2*1H. The van der Waals surface area contributed by atoms with Gasteiger partial charge in [-0.15, -0.1) is 24.8 Å². The van der Waals surface area contributed by atoms with Crippen LogP contribution in [0.2, 0.25) is 0 Å². The van der Waals surface area contributed by atoms with Crippen molar-refractivity contribution in [1.29, 1.82) is 0 Å². The molecule has 0 bridgehead atoms. The maximum absolute atomic E-state index is 12.4. The molecule has 9 heteroatoms. The van der Waals surface area contributed by atoms with E-state index in [1.807, 2.05) is 6.07 Å². The van der Waals surface area contributed by atoms with Gasteiger partial charge in [0.2, 0.25) is 5.91 Å². The summed E-state index contributed by atoms with van der Waals surface area (Å²) in [4.78, 5) is 28.6. The number of nitrogens with one attached hydrogen (secondary N) is 2. The summed E-state index contributed by atoms with van der Waals surface area (Å²) in [6.07, 6.45) is 4.84. The number of hydrogen-bond donors (Lipinski definition) is 3. The molecular weight excluding hydrogens is 415 g/mol. The zero-order valence-corrected chi connectivity index (χ0v) is 17.5. The molecule has 0 saturated carbocycles. The molecule has 4 N–H and O–H groups in total. The number of ether oxygens (including phenoxy) is 1. The number of hydrogen-bond acceptors (Lipinski definition) is 5. The summed E-state index contributed by atoms with van der Waals surface area (Å²) in [5.74, 6) is -0.238. The molecule has 1 aromatic carbocycles. The fourth-order valence-electron chi connectivity index (χ4n) is 3.06. The Morgan fingerprint density at radius 3 is 2.52 bits per heavy atom. The van der Waals surface area contributed by atoms with Crippen LogP contribution in [0.15, 0.2) is 48.8 Å². The molecule has 2 heterocycles. The van der Waals surface area contributed by atoms with Crippen molar-refractivity contribution in [2.24, 2.45) is 11.7 Å². The molecule has 1 unspecified atom stereocenters. The van der Waals surface area contributed by atoms with Gasteiger partial charge in [0.25, 0.3) is 5.91 Å². The van der Waals surface area contributed by atoms with Gasteiger partial charge in [-0.2, -0.15) is 0 Å². The number of nitrogens with two attached hydrogens (primary N) is 1. The lowest BCUT2D eigenvalue weighted by Crippen LogP contribution is -2.46. The SMILES string of the molecule is Cl.Cl.NC(C(=O)NCc1cccc(C(=O)Nc2ccncc2)c1)C1CCOCC1. The third kappa shape index (κ3) is 7.29. The van der Waals surface area contributed by atoms with Crippen molar-refractivity contribution < 1.29 is 14.3 Å². The van der Waals surface area contributed by atoms with E-state index in [-0.39, 0.29) is 42.5 Å². The average molecular weight is 441 g/mol. The predicted octanol–water partition coefficient (Wildman–Crippen LogP) is 2.55. The van der Waals surface area contributed by atoms with Crippen molar-refractivity contribution >= 4 is 42.3 Å². The van der Waals surface area contributed by atoms with Crippen molar-refractivity contribution in [3.63, 3.8) is 0 Å². The van der Waals surface area contributed by atoms with E-state index < -0.39 is 6.04 Å². The summed E-state index contributed by atoms with van der Waals surface area (Å²) in [5.41, 5.74) is 8.12. The third-order valence-corrected chi connectivity index (χ3v) is 4.67. The normalized spacial score (nSPS) is 14.7. The molecule has 1 atom stereocenters. The van der Waals surface area contributed by atoms with Crippen LogP contribution in [0.1, 0.15) is 28.8 Å². The number of rotatable bonds is 6. The quantitative estimate of drug-likeness (QED) is 0.639. The Morgan fingerprint density at radius 2 is 1.83 bits per heavy atom. The van der Waals surface area contributed by atoms with Gasteiger partial charge in [0.15, 0.2) is 0 Å². The van der Waals surface area contributed by atoms with Gasteiger partial charge in [-0.05, 0) is 48.6 Å². The lowest BCUT2D eigenvalue weighted by molar-refractivity contribution is -0.124. The Morgan fingerprint density at radius 1 is 1.14 bits per heavy atom. The molecule has 1 saturated heterocycles. The van der Waals surface area contributed by atoms with Gasteiger partial charge in [0.05, 0.1) is 6.04 Å². The number of aromatic nitrogens is 1. The number of carbonyl (C=O) groups is 2. The number of halogens is 2. The number of amides is 2. The number of pyridine rings is 1. The molecule has 1 aliphatic heterocycles. The second-order valence-electron chi connectivity index (χ2n) is 6.58. The van der Waals surface area contributed by atoms with Crippen LogP contribution in [0.5, 0.6) is 0 Å². The highest BCUT2D eigenvalue weighted by molar-refractivity contribution is 6.04. The third-order valence-electron chi connectivity index (χ3n) is 4.67. The van der Waals surface area contributed by atoms with E-state index in [0.29, 0.717) is 31.0 Å². The smallest absolute Gasteiger partial charge is 0.255 e. The van der Waals surface area contributed by atoms with Crippen LogP contribution in [0.25, 0.3) is 0 Å². The number of nitrogens with zero attached hydrogens (tertiary/aromatic N) is 1. The second-order valence-corrected chi connectivity index (χ2v) is 6.58. The van der Waals surface area contributed by atoms with Crippen LogP contribution in [0.4, 0.5) is 5.69 Å². The Balaban J connectivity index is 0.00000210. The van der Waals surface area contributed by atoms with Gasteiger partial charge in [-0.25, -0.2) is 0 Å². The van der Waals surface area contributed by atoms with Crippen LogP contribution in [-0.4, -0.2) is 36.1 Å². The van der Waals surface area contributed by atoms with E-state index in [1.54, 1.807) is 42.7 Å². The average Bonchev–Trinajstić information content (AvgIpc) is 2.73. The fraction of sp³-hybridized carbons (Fsp3) is 0.350. The van der Waals surface area contributed by atoms with Crippen molar-refractivity contribution in [1.82, 2.24) is 10.3 Å². The van der Waals surface area contributed by atoms with Crippen LogP contribution in [-0.2, 0) is 16.1 Å². The molecule has 2 aromatic rings. The largest absolute Gasteiger partial charge is 0.381 e. The predicted molar refractivity (Wildman–Crippen MR) is 116 cm³/mol. The molecule has 0 radical (unpaired) electrons. The minimum absolute atomic E-state index is 0. The highest BCUT2D eigenvalue weighted by atomic mass is 35.5. The van der Waals surface area contributed by atoms with Gasteiger partial charge in [0, 0.05) is 43.4 Å². The summed E-state index contributed by atoms with van der Waals surface area (Å²) in [6.45, 7) is 1.63. The van der Waals surface area contributed by atoms with Crippen molar-refractivity contribution in [3.8, 4) is 0 Å². The summed E-state index contributed by atoms with van der Waals surface area (Å²) >= 11 is 0. The van der Waals surface area contributed by atoms with Gasteiger partial charge >= 0.3 is 0 Å². The number of anilines is 1. The van der Waals surface area contributed by atoms with Crippen molar-refractivity contribution in [2.75, 3.05) is 18.5 Å². The van der Waals surface area contributed by atoms with E-state index >= 15 is 0 Å². The molecule has 2 amide bonds. The Labute approximate surface area is 182 Å². The summed E-state index contributed by atoms with van der Waals surface area (Å²) in [5, 5.41) is 5.68. The van der Waals surface area contributed by atoms with E-state index in [0.717, 1.165) is 18.4 Å². The van der Waals surface area contributed by atoms with E-state index in [4.69, 9.17) is 10.5 Å².